The Morgan fingerprint density at radius 3 is 2.52 bits per heavy atom. The fraction of sp³-hybridized carbons (Fsp3) is 0.812. The monoisotopic (exact) mass is 322 g/mol. The zero-order chi connectivity index (χ0) is 16.4. The van der Waals surface area contributed by atoms with Crippen molar-refractivity contribution in [3.05, 3.63) is 0 Å². The molecule has 0 radical (unpaired) electrons. The van der Waals surface area contributed by atoms with Crippen LogP contribution in [0.1, 0.15) is 51.9 Å². The van der Waals surface area contributed by atoms with Gasteiger partial charge in [0.15, 0.2) is 0 Å². The second-order valence-electron chi connectivity index (χ2n) is 7.21. The lowest BCUT2D eigenvalue weighted by molar-refractivity contribution is -0.140. The zero-order valence-corrected chi connectivity index (χ0v) is 13.8. The lowest BCUT2D eigenvalue weighted by Crippen LogP contribution is -2.52. The predicted molar refractivity (Wildman–Crippen MR) is 84.2 cm³/mol. The Labute approximate surface area is 136 Å². The van der Waals surface area contributed by atoms with Crippen LogP contribution in [0.5, 0.6) is 0 Å². The van der Waals surface area contributed by atoms with Crippen molar-refractivity contribution in [2.75, 3.05) is 19.6 Å². The number of likely N-dealkylation sites (tertiary alicyclic amines) is 1. The van der Waals surface area contributed by atoms with Gasteiger partial charge < -0.3 is 5.32 Å². The van der Waals surface area contributed by atoms with Gasteiger partial charge in [0.05, 0.1) is 6.54 Å². The Hall–Kier alpha value is -1.63. The highest BCUT2D eigenvalue weighted by molar-refractivity contribution is 6.08. The molecule has 7 heteroatoms. The molecule has 0 aromatic rings. The van der Waals surface area contributed by atoms with Crippen molar-refractivity contribution < 1.29 is 14.4 Å². The standard InChI is InChI=1S/C16H26N4O3/c1-12-5-9-19(10-6-12)11-13(21)18-20-14(22)16(17-15(20)23)7-3-2-4-8-16/h12H,2-11H2,1H3,(H,17,23)(H,18,21). The van der Waals surface area contributed by atoms with Crippen molar-refractivity contribution in [2.45, 2.75) is 57.4 Å². The summed E-state index contributed by atoms with van der Waals surface area (Å²) >= 11 is 0. The van der Waals surface area contributed by atoms with Gasteiger partial charge in [0.2, 0.25) is 0 Å². The summed E-state index contributed by atoms with van der Waals surface area (Å²) in [6.45, 7) is 4.22. The molecule has 23 heavy (non-hydrogen) atoms. The third-order valence-electron chi connectivity index (χ3n) is 5.35. The van der Waals surface area contributed by atoms with Crippen molar-refractivity contribution in [2.24, 2.45) is 5.92 Å². The molecular formula is C16H26N4O3. The van der Waals surface area contributed by atoms with Crippen LogP contribution >= 0.6 is 0 Å². The summed E-state index contributed by atoms with van der Waals surface area (Å²) in [6, 6.07) is -0.502. The van der Waals surface area contributed by atoms with Gasteiger partial charge in [-0.2, -0.15) is 5.01 Å². The highest BCUT2D eigenvalue weighted by Gasteiger charge is 2.52. The van der Waals surface area contributed by atoms with Gasteiger partial charge in [0.1, 0.15) is 5.54 Å². The van der Waals surface area contributed by atoms with E-state index in [0.29, 0.717) is 18.8 Å². The van der Waals surface area contributed by atoms with Gasteiger partial charge in [0, 0.05) is 0 Å². The van der Waals surface area contributed by atoms with E-state index in [1.54, 1.807) is 0 Å². The first kappa shape index (κ1) is 16.2. The quantitative estimate of drug-likeness (QED) is 0.760. The molecule has 3 rings (SSSR count). The van der Waals surface area contributed by atoms with E-state index in [0.717, 1.165) is 50.2 Å². The summed E-state index contributed by atoms with van der Waals surface area (Å²) in [5.41, 5.74) is 1.71. The molecule has 3 aliphatic rings. The molecule has 2 saturated heterocycles. The Morgan fingerprint density at radius 1 is 1.22 bits per heavy atom. The van der Waals surface area contributed by atoms with Crippen molar-refractivity contribution in [1.82, 2.24) is 20.7 Å². The number of hydrogen-bond acceptors (Lipinski definition) is 4. The summed E-state index contributed by atoms with van der Waals surface area (Å²) in [6.07, 6.45) is 6.44. The summed E-state index contributed by atoms with van der Waals surface area (Å²) < 4.78 is 0. The lowest BCUT2D eigenvalue weighted by atomic mass is 9.82. The molecule has 0 unspecified atom stereocenters. The summed E-state index contributed by atoms with van der Waals surface area (Å²) in [5, 5.41) is 3.68. The van der Waals surface area contributed by atoms with Crippen LogP contribution in [0, 0.1) is 5.92 Å². The van der Waals surface area contributed by atoms with Gasteiger partial charge in [-0.3, -0.25) is 19.9 Å². The van der Waals surface area contributed by atoms with Crippen molar-refractivity contribution in [3.8, 4) is 0 Å². The molecule has 0 bridgehead atoms. The molecule has 2 aliphatic heterocycles. The molecule has 2 N–H and O–H groups in total. The zero-order valence-electron chi connectivity index (χ0n) is 13.8. The molecule has 4 amide bonds. The summed E-state index contributed by atoms with van der Waals surface area (Å²) in [5.74, 6) is 0.102. The SMILES string of the molecule is CC1CCN(CC(=O)NN2C(=O)NC3(CCCCC3)C2=O)CC1. The van der Waals surface area contributed by atoms with E-state index in [4.69, 9.17) is 0 Å². The van der Waals surface area contributed by atoms with Crippen LogP contribution in [0.25, 0.3) is 0 Å². The van der Waals surface area contributed by atoms with Gasteiger partial charge in [0.25, 0.3) is 11.8 Å². The summed E-state index contributed by atoms with van der Waals surface area (Å²) in [7, 11) is 0. The molecular weight excluding hydrogens is 296 g/mol. The molecule has 3 fully saturated rings. The van der Waals surface area contributed by atoms with Crippen molar-refractivity contribution >= 4 is 17.8 Å². The fourth-order valence-corrected chi connectivity index (χ4v) is 3.80. The van der Waals surface area contributed by atoms with Gasteiger partial charge in [-0.15, -0.1) is 0 Å². The van der Waals surface area contributed by atoms with Crippen LogP contribution in [0.4, 0.5) is 4.79 Å². The van der Waals surface area contributed by atoms with E-state index >= 15 is 0 Å². The number of hydrazine groups is 1. The van der Waals surface area contributed by atoms with E-state index < -0.39 is 11.6 Å². The van der Waals surface area contributed by atoms with E-state index in [2.05, 4.69) is 22.6 Å². The molecule has 128 valence electrons. The largest absolute Gasteiger partial charge is 0.344 e. The first-order valence-corrected chi connectivity index (χ1v) is 8.69. The second kappa shape index (κ2) is 6.47. The Morgan fingerprint density at radius 2 is 1.87 bits per heavy atom. The van der Waals surface area contributed by atoms with E-state index in [-0.39, 0.29) is 18.4 Å². The second-order valence-corrected chi connectivity index (χ2v) is 7.21. The number of hydrogen-bond donors (Lipinski definition) is 2. The van der Waals surface area contributed by atoms with Crippen LogP contribution in [-0.2, 0) is 9.59 Å². The number of carbonyl (C=O) groups is 3. The number of imide groups is 1. The van der Waals surface area contributed by atoms with Crippen LogP contribution in [0.2, 0.25) is 0 Å². The smallest absolute Gasteiger partial charge is 0.322 e. The average molecular weight is 322 g/mol. The topological polar surface area (TPSA) is 81.8 Å². The van der Waals surface area contributed by atoms with Crippen LogP contribution in [0.15, 0.2) is 0 Å². The molecule has 0 aromatic heterocycles. The minimum absolute atomic E-state index is 0.233. The normalized spacial score (nSPS) is 25.7. The first-order chi connectivity index (χ1) is 11.0. The number of nitrogens with one attached hydrogen (secondary N) is 2. The number of urea groups is 1. The van der Waals surface area contributed by atoms with Gasteiger partial charge in [-0.05, 0) is 44.7 Å². The van der Waals surface area contributed by atoms with Crippen molar-refractivity contribution in [1.29, 1.82) is 0 Å². The van der Waals surface area contributed by atoms with Crippen LogP contribution in [0.3, 0.4) is 0 Å². The number of piperidine rings is 1. The molecule has 0 aromatic carbocycles. The molecule has 1 aliphatic carbocycles. The maximum Gasteiger partial charge on any atom is 0.344 e. The number of nitrogens with zero attached hydrogens (tertiary/aromatic N) is 2. The minimum atomic E-state index is -0.789. The maximum absolute atomic E-state index is 12.6. The third-order valence-corrected chi connectivity index (χ3v) is 5.35. The highest BCUT2D eigenvalue weighted by Crippen LogP contribution is 2.32. The maximum atomic E-state index is 12.6. The number of carbonyl (C=O) groups excluding carboxylic acids is 3. The molecule has 1 spiro atoms. The predicted octanol–water partition coefficient (Wildman–Crippen LogP) is 1.00. The lowest BCUT2D eigenvalue weighted by Gasteiger charge is -2.31. The molecule has 1 saturated carbocycles. The molecule has 7 nitrogen and oxygen atoms in total. The Balaban J connectivity index is 1.56. The first-order valence-electron chi connectivity index (χ1n) is 8.69. The van der Waals surface area contributed by atoms with Crippen LogP contribution in [-0.4, -0.2) is 52.9 Å². The minimum Gasteiger partial charge on any atom is -0.322 e. The van der Waals surface area contributed by atoms with Gasteiger partial charge >= 0.3 is 6.03 Å². The van der Waals surface area contributed by atoms with Crippen LogP contribution < -0.4 is 10.7 Å². The van der Waals surface area contributed by atoms with E-state index in [1.807, 2.05) is 0 Å². The number of rotatable bonds is 3. The van der Waals surface area contributed by atoms with E-state index in [9.17, 15) is 14.4 Å². The molecule has 0 atom stereocenters. The molecule has 2 heterocycles. The Bertz CT molecular complexity index is 494. The average Bonchev–Trinajstić information content (AvgIpc) is 2.75. The number of amides is 4. The highest BCUT2D eigenvalue weighted by atomic mass is 16.2. The van der Waals surface area contributed by atoms with Gasteiger partial charge in [-0.1, -0.05) is 26.2 Å². The van der Waals surface area contributed by atoms with E-state index in [1.165, 1.54) is 0 Å². The fourth-order valence-electron chi connectivity index (χ4n) is 3.80. The third kappa shape index (κ3) is 3.34. The summed E-state index contributed by atoms with van der Waals surface area (Å²) in [4.78, 5) is 38.9. The van der Waals surface area contributed by atoms with Crippen molar-refractivity contribution in [3.63, 3.8) is 0 Å². The van der Waals surface area contributed by atoms with Gasteiger partial charge in [-0.25, -0.2) is 4.79 Å². The Kier molecular flexibility index (Phi) is 4.57.